The van der Waals surface area contributed by atoms with Crippen LogP contribution in [-0.4, -0.2) is 41.2 Å². The van der Waals surface area contributed by atoms with Crippen molar-refractivity contribution < 1.29 is 32.0 Å². The van der Waals surface area contributed by atoms with E-state index in [1.807, 2.05) is 24.3 Å². The molecule has 0 saturated heterocycles. The third kappa shape index (κ3) is 9.87. The number of ether oxygens (including phenoxy) is 2. The molecule has 3 aromatic carbocycles. The zero-order chi connectivity index (χ0) is 26.8. The summed E-state index contributed by atoms with van der Waals surface area (Å²) < 4.78 is 61.1. The van der Waals surface area contributed by atoms with Crippen LogP contribution in [0.3, 0.4) is 0 Å². The van der Waals surface area contributed by atoms with Crippen LogP contribution in [0.25, 0.3) is 0 Å². The molecule has 0 heterocycles. The molecule has 0 fully saturated rings. The molecule has 1 atom stereocenters. The lowest BCUT2D eigenvalue weighted by Crippen LogP contribution is -2.22. The van der Waals surface area contributed by atoms with E-state index >= 15 is 0 Å². The number of benzene rings is 3. The van der Waals surface area contributed by atoms with E-state index in [0.29, 0.717) is 27.1 Å². The topological polar surface area (TPSA) is 58.6 Å². The minimum Gasteiger partial charge on any atom is -0.616 e. The Morgan fingerprint density at radius 3 is 1.86 bits per heavy atom. The highest BCUT2D eigenvalue weighted by Crippen LogP contribution is 2.28. The van der Waals surface area contributed by atoms with Gasteiger partial charge in [0.25, 0.3) is 0 Å². The summed E-state index contributed by atoms with van der Waals surface area (Å²) in [4.78, 5) is 11.0. The van der Waals surface area contributed by atoms with Gasteiger partial charge in [0.15, 0.2) is 0 Å². The first-order chi connectivity index (χ1) is 17.6. The van der Waals surface area contributed by atoms with Crippen LogP contribution in [0.2, 0.25) is 10.0 Å². The van der Waals surface area contributed by atoms with Gasteiger partial charge in [-0.2, -0.15) is 13.2 Å². The number of Topliss-reactive ketones (excluding diaryl/α,β-unsaturated/α-hetero) is 1. The number of hydrogen-bond donors (Lipinski definition) is 0. The number of carbonyl (C=O) groups excluding carboxylic acids is 1. The molecule has 3 rings (SSSR count). The lowest BCUT2D eigenvalue weighted by atomic mass is 10.0. The van der Waals surface area contributed by atoms with Crippen LogP contribution >= 0.6 is 23.2 Å². The summed E-state index contributed by atoms with van der Waals surface area (Å²) in [5, 5.41) is 1.23. The van der Waals surface area contributed by atoms with Crippen molar-refractivity contribution >= 4 is 40.2 Å². The predicted octanol–water partition coefficient (Wildman–Crippen LogP) is 6.99. The molecule has 0 amide bonds. The monoisotopic (exact) mass is 572 g/mol. The Kier molecular flexibility index (Phi) is 11.2. The van der Waals surface area contributed by atoms with Gasteiger partial charge in [0.2, 0.25) is 5.78 Å². The summed E-state index contributed by atoms with van der Waals surface area (Å²) in [5.74, 6) is -0.637. The number of carbonyl (C=O) groups is 1. The van der Waals surface area contributed by atoms with E-state index < -0.39 is 29.6 Å². The maximum absolute atomic E-state index is 12.5. The van der Waals surface area contributed by atoms with Crippen molar-refractivity contribution in [3.63, 3.8) is 0 Å². The molecule has 0 radical (unpaired) electrons. The second-order valence-electron chi connectivity index (χ2n) is 8.12. The fourth-order valence-corrected chi connectivity index (χ4v) is 4.43. The molecule has 0 N–H and O–H groups in total. The van der Waals surface area contributed by atoms with Gasteiger partial charge in [-0.25, -0.2) is 0 Å². The Bertz CT molecular complexity index is 1080. The van der Waals surface area contributed by atoms with E-state index in [1.165, 1.54) is 0 Å². The molecule has 0 aromatic heterocycles. The average Bonchev–Trinajstić information content (AvgIpc) is 2.87. The Morgan fingerprint density at radius 2 is 1.35 bits per heavy atom. The molecule has 37 heavy (non-hydrogen) atoms. The SMILES string of the molecule is O=C(CCc1ccc(OCC[S+]([O-])CCOC(c2ccc(Cl)cc2)c2ccc(Cl)cc2)cc1)C(F)(F)F. The minimum atomic E-state index is -4.81. The molecular formula is C27H25Cl2F3O4S. The van der Waals surface area contributed by atoms with E-state index in [-0.39, 0.29) is 31.5 Å². The fourth-order valence-electron chi connectivity index (χ4n) is 3.43. The van der Waals surface area contributed by atoms with Crippen molar-refractivity contribution in [1.82, 2.24) is 0 Å². The Labute approximate surface area is 226 Å². The first-order valence-corrected chi connectivity index (χ1v) is 13.7. The summed E-state index contributed by atoms with van der Waals surface area (Å²) in [6.45, 7) is 0.462. The smallest absolute Gasteiger partial charge is 0.449 e. The van der Waals surface area contributed by atoms with Crippen LogP contribution in [0.1, 0.15) is 29.2 Å². The predicted molar refractivity (Wildman–Crippen MR) is 140 cm³/mol. The third-order valence-electron chi connectivity index (χ3n) is 5.40. The number of alkyl halides is 3. The van der Waals surface area contributed by atoms with Gasteiger partial charge in [0, 0.05) is 16.5 Å². The maximum Gasteiger partial charge on any atom is 0.449 e. The standard InChI is InChI=1S/C27H25Cl2F3O4S/c28-22-8-4-20(5-9-22)26(21-6-10-23(29)11-7-21)36-16-18-37(34)17-15-35-24-12-1-19(2-13-24)3-14-25(33)27(30,31)32/h1-2,4-13,26H,3,14-18H2. The summed E-state index contributed by atoms with van der Waals surface area (Å²) in [5.41, 5.74) is 2.42. The van der Waals surface area contributed by atoms with Crippen molar-refractivity contribution in [3.8, 4) is 5.75 Å². The number of ketones is 1. The molecular weight excluding hydrogens is 548 g/mol. The van der Waals surface area contributed by atoms with Crippen molar-refractivity contribution in [2.45, 2.75) is 25.1 Å². The molecule has 0 bridgehead atoms. The average molecular weight is 573 g/mol. The third-order valence-corrected chi connectivity index (χ3v) is 7.15. The van der Waals surface area contributed by atoms with Gasteiger partial charge in [-0.05, 0) is 70.7 Å². The van der Waals surface area contributed by atoms with E-state index in [4.69, 9.17) is 32.7 Å². The lowest BCUT2D eigenvalue weighted by Gasteiger charge is -2.20. The first-order valence-electron chi connectivity index (χ1n) is 11.4. The number of hydrogen-bond acceptors (Lipinski definition) is 4. The minimum absolute atomic E-state index is 0.00429. The molecule has 3 aromatic rings. The molecule has 0 aliphatic carbocycles. The zero-order valence-corrected chi connectivity index (χ0v) is 22.0. The van der Waals surface area contributed by atoms with E-state index in [9.17, 15) is 22.5 Å². The van der Waals surface area contributed by atoms with Crippen molar-refractivity contribution in [1.29, 1.82) is 0 Å². The molecule has 0 aliphatic heterocycles. The van der Waals surface area contributed by atoms with Gasteiger partial charge >= 0.3 is 6.18 Å². The van der Waals surface area contributed by atoms with Gasteiger partial charge in [-0.3, -0.25) is 4.79 Å². The van der Waals surface area contributed by atoms with Crippen LogP contribution in [0.4, 0.5) is 13.2 Å². The highest BCUT2D eigenvalue weighted by molar-refractivity contribution is 7.91. The summed E-state index contributed by atoms with van der Waals surface area (Å²) in [6.07, 6.45) is -5.78. The Balaban J connectivity index is 1.43. The summed E-state index contributed by atoms with van der Waals surface area (Å²) in [6, 6.07) is 21.1. The summed E-state index contributed by atoms with van der Waals surface area (Å²) in [7, 11) is 0. The van der Waals surface area contributed by atoms with E-state index in [0.717, 1.165) is 11.1 Å². The Hall–Kier alpha value is -2.23. The normalized spacial score (nSPS) is 12.5. The van der Waals surface area contributed by atoms with E-state index in [2.05, 4.69) is 0 Å². The van der Waals surface area contributed by atoms with E-state index in [1.54, 1.807) is 48.5 Å². The molecule has 1 unspecified atom stereocenters. The number of aryl methyl sites for hydroxylation is 1. The molecule has 0 spiro atoms. The lowest BCUT2D eigenvalue weighted by molar-refractivity contribution is -0.171. The van der Waals surface area contributed by atoms with Gasteiger partial charge in [0.1, 0.15) is 30.0 Å². The van der Waals surface area contributed by atoms with Crippen LogP contribution in [0.5, 0.6) is 5.75 Å². The highest BCUT2D eigenvalue weighted by atomic mass is 35.5. The molecule has 0 aliphatic rings. The van der Waals surface area contributed by atoms with Crippen LogP contribution in [-0.2, 0) is 27.1 Å². The second kappa shape index (κ2) is 14.1. The largest absolute Gasteiger partial charge is 0.616 e. The van der Waals surface area contributed by atoms with Crippen molar-refractivity contribution in [3.05, 3.63) is 99.5 Å². The van der Waals surface area contributed by atoms with Crippen LogP contribution in [0, 0.1) is 0 Å². The van der Waals surface area contributed by atoms with Gasteiger partial charge in [-0.15, -0.1) is 0 Å². The molecule has 10 heteroatoms. The number of rotatable bonds is 13. The number of halogens is 5. The second-order valence-corrected chi connectivity index (χ2v) is 10.7. The van der Waals surface area contributed by atoms with Gasteiger partial charge < -0.3 is 14.0 Å². The van der Waals surface area contributed by atoms with Crippen molar-refractivity contribution in [2.24, 2.45) is 0 Å². The fraction of sp³-hybridized carbons (Fsp3) is 0.296. The molecule has 0 saturated carbocycles. The summed E-state index contributed by atoms with van der Waals surface area (Å²) >= 11 is 10.8. The molecule has 198 valence electrons. The zero-order valence-electron chi connectivity index (χ0n) is 19.7. The highest BCUT2D eigenvalue weighted by Gasteiger charge is 2.37. The molecule has 4 nitrogen and oxygen atoms in total. The van der Waals surface area contributed by atoms with Crippen LogP contribution in [0.15, 0.2) is 72.8 Å². The quantitative estimate of drug-likeness (QED) is 0.207. The maximum atomic E-state index is 12.5. The Morgan fingerprint density at radius 1 is 0.838 bits per heavy atom. The van der Waals surface area contributed by atoms with Gasteiger partial charge in [-0.1, -0.05) is 59.6 Å². The van der Waals surface area contributed by atoms with Crippen molar-refractivity contribution in [2.75, 3.05) is 24.7 Å². The van der Waals surface area contributed by atoms with Crippen LogP contribution < -0.4 is 4.74 Å². The first kappa shape index (κ1) is 29.3. The van der Waals surface area contributed by atoms with Gasteiger partial charge in [0.05, 0.1) is 6.61 Å².